The van der Waals surface area contributed by atoms with Gasteiger partial charge in [-0.25, -0.2) is 0 Å². The smallest absolute Gasteiger partial charge is 0.115 e. The van der Waals surface area contributed by atoms with Gasteiger partial charge in [0.15, 0.2) is 0 Å². The van der Waals surface area contributed by atoms with Gasteiger partial charge in [0.1, 0.15) is 5.75 Å². The van der Waals surface area contributed by atoms with E-state index in [2.05, 4.69) is 6.07 Å². The number of nitrogens with zero attached hydrogens (tertiary/aromatic N) is 1. The van der Waals surface area contributed by atoms with Crippen molar-refractivity contribution in [3.63, 3.8) is 0 Å². The van der Waals surface area contributed by atoms with Gasteiger partial charge in [0.05, 0.1) is 12.0 Å². The number of nitriles is 1. The van der Waals surface area contributed by atoms with E-state index < -0.39 is 0 Å². The van der Waals surface area contributed by atoms with Crippen LogP contribution < -0.4 is 0 Å². The molecule has 2 heteroatoms. The van der Waals surface area contributed by atoms with Crippen LogP contribution in [0.25, 0.3) is 0 Å². The summed E-state index contributed by atoms with van der Waals surface area (Å²) in [7, 11) is 0. The van der Waals surface area contributed by atoms with Crippen molar-refractivity contribution in [1.29, 1.82) is 5.26 Å². The number of aromatic hydroxyl groups is 1. The Kier molecular flexibility index (Phi) is 1.62. The molecule has 2 atom stereocenters. The lowest BCUT2D eigenvalue weighted by atomic mass is 9.58. The topological polar surface area (TPSA) is 44.0 Å². The lowest BCUT2D eigenvalue weighted by Crippen LogP contribution is -2.41. The van der Waals surface area contributed by atoms with Crippen LogP contribution in [0.15, 0.2) is 18.2 Å². The Balaban J connectivity index is 2.12. The van der Waals surface area contributed by atoms with Crippen molar-refractivity contribution < 1.29 is 5.11 Å². The molecule has 0 amide bonds. The van der Waals surface area contributed by atoms with Gasteiger partial charge in [-0.15, -0.1) is 0 Å². The summed E-state index contributed by atoms with van der Waals surface area (Å²) in [6, 6.07) is 8.03. The summed E-state index contributed by atoms with van der Waals surface area (Å²) in [6.07, 6.45) is 4.28. The Bertz CT molecular complexity index is 460. The largest absolute Gasteiger partial charge is 0.508 e. The molecule has 0 saturated heterocycles. The molecule has 1 saturated carbocycles. The number of fused-ring (bicyclic) bond motifs is 2. The quantitative estimate of drug-likeness (QED) is 0.697. The lowest BCUT2D eigenvalue weighted by molar-refractivity contribution is 0.171. The van der Waals surface area contributed by atoms with Gasteiger partial charge in [-0.1, -0.05) is 6.07 Å². The maximum absolute atomic E-state index is 9.52. The SMILES string of the molecule is N#CC1CCC12CCc1ccc(O)cc12. The molecule has 0 radical (unpaired) electrons. The van der Waals surface area contributed by atoms with Crippen LogP contribution in [0.3, 0.4) is 0 Å². The molecule has 2 aliphatic rings. The van der Waals surface area contributed by atoms with Gasteiger partial charge < -0.3 is 5.11 Å². The number of hydrogen-bond acceptors (Lipinski definition) is 2. The maximum atomic E-state index is 9.52. The summed E-state index contributed by atoms with van der Waals surface area (Å²) >= 11 is 0. The molecule has 2 nitrogen and oxygen atoms in total. The molecule has 76 valence electrons. The fraction of sp³-hybridized carbons (Fsp3) is 0.462. The standard InChI is InChI=1S/C13H13NO/c14-8-10-4-6-13(10)5-3-9-1-2-11(15)7-12(9)13/h1-2,7,10,15H,3-6H2. The van der Waals surface area contributed by atoms with Crippen molar-refractivity contribution in [1.82, 2.24) is 0 Å². The van der Waals surface area contributed by atoms with Gasteiger partial charge in [0, 0.05) is 5.41 Å². The number of rotatable bonds is 0. The average molecular weight is 199 g/mol. The molecular weight excluding hydrogens is 186 g/mol. The van der Waals surface area contributed by atoms with E-state index in [0.29, 0.717) is 5.75 Å². The second kappa shape index (κ2) is 2.76. The van der Waals surface area contributed by atoms with Gasteiger partial charge >= 0.3 is 0 Å². The van der Waals surface area contributed by atoms with Crippen LogP contribution in [0.2, 0.25) is 0 Å². The molecular formula is C13H13NO. The van der Waals surface area contributed by atoms with E-state index in [4.69, 9.17) is 5.26 Å². The van der Waals surface area contributed by atoms with Crippen LogP contribution in [0.1, 0.15) is 30.4 Å². The zero-order valence-electron chi connectivity index (χ0n) is 8.53. The minimum atomic E-state index is 0.0861. The highest BCUT2D eigenvalue weighted by atomic mass is 16.3. The number of hydrogen-bond donors (Lipinski definition) is 1. The van der Waals surface area contributed by atoms with Crippen LogP contribution in [-0.4, -0.2) is 5.11 Å². The minimum Gasteiger partial charge on any atom is -0.508 e. The lowest BCUT2D eigenvalue weighted by Gasteiger charge is -2.44. The summed E-state index contributed by atoms with van der Waals surface area (Å²) in [4.78, 5) is 0. The summed E-state index contributed by atoms with van der Waals surface area (Å²) in [5.74, 6) is 0.499. The Morgan fingerprint density at radius 2 is 2.27 bits per heavy atom. The Morgan fingerprint density at radius 1 is 1.40 bits per heavy atom. The summed E-state index contributed by atoms with van der Waals surface area (Å²) in [6.45, 7) is 0. The van der Waals surface area contributed by atoms with E-state index in [0.717, 1.165) is 25.7 Å². The zero-order valence-corrected chi connectivity index (χ0v) is 8.53. The first kappa shape index (κ1) is 8.79. The van der Waals surface area contributed by atoms with E-state index in [9.17, 15) is 5.11 Å². The molecule has 0 heterocycles. The van der Waals surface area contributed by atoms with Crippen molar-refractivity contribution in [2.45, 2.75) is 31.1 Å². The Morgan fingerprint density at radius 3 is 2.93 bits per heavy atom. The van der Waals surface area contributed by atoms with Crippen molar-refractivity contribution >= 4 is 0 Å². The monoisotopic (exact) mass is 199 g/mol. The summed E-state index contributed by atoms with van der Waals surface area (Å²) < 4.78 is 0. The number of aryl methyl sites for hydroxylation is 1. The molecule has 3 rings (SSSR count). The normalized spacial score (nSPS) is 32.1. The van der Waals surface area contributed by atoms with Crippen LogP contribution in [-0.2, 0) is 11.8 Å². The molecule has 1 aromatic rings. The predicted molar refractivity (Wildman–Crippen MR) is 56.4 cm³/mol. The molecule has 1 fully saturated rings. The maximum Gasteiger partial charge on any atom is 0.115 e. The Labute approximate surface area is 89.2 Å². The second-order valence-corrected chi connectivity index (χ2v) is 4.72. The molecule has 1 aromatic carbocycles. The number of benzene rings is 1. The van der Waals surface area contributed by atoms with E-state index in [1.165, 1.54) is 11.1 Å². The van der Waals surface area contributed by atoms with E-state index in [1.807, 2.05) is 12.1 Å². The minimum absolute atomic E-state index is 0.0861. The van der Waals surface area contributed by atoms with E-state index in [1.54, 1.807) is 6.07 Å². The molecule has 15 heavy (non-hydrogen) atoms. The Hall–Kier alpha value is -1.49. The molecule has 0 bridgehead atoms. The summed E-state index contributed by atoms with van der Waals surface area (Å²) in [5, 5.41) is 18.6. The highest BCUT2D eigenvalue weighted by molar-refractivity contribution is 5.47. The predicted octanol–water partition coefficient (Wildman–Crippen LogP) is 2.51. The van der Waals surface area contributed by atoms with Crippen molar-refractivity contribution in [3.8, 4) is 11.8 Å². The van der Waals surface area contributed by atoms with Crippen LogP contribution in [0, 0.1) is 17.2 Å². The van der Waals surface area contributed by atoms with Gasteiger partial charge in [-0.2, -0.15) is 5.26 Å². The van der Waals surface area contributed by atoms with Crippen molar-refractivity contribution in [3.05, 3.63) is 29.3 Å². The van der Waals surface area contributed by atoms with E-state index in [-0.39, 0.29) is 11.3 Å². The van der Waals surface area contributed by atoms with Crippen LogP contribution in [0.5, 0.6) is 5.75 Å². The third kappa shape index (κ3) is 0.982. The van der Waals surface area contributed by atoms with Gasteiger partial charge in [0.2, 0.25) is 0 Å². The second-order valence-electron chi connectivity index (χ2n) is 4.72. The molecule has 1 spiro atoms. The molecule has 2 aliphatic carbocycles. The molecule has 1 N–H and O–H groups in total. The first-order valence-corrected chi connectivity index (χ1v) is 5.48. The van der Waals surface area contributed by atoms with Gasteiger partial charge in [-0.3, -0.25) is 0 Å². The van der Waals surface area contributed by atoms with Gasteiger partial charge in [-0.05, 0) is 48.9 Å². The van der Waals surface area contributed by atoms with Crippen molar-refractivity contribution in [2.24, 2.45) is 5.92 Å². The fourth-order valence-electron chi connectivity index (χ4n) is 3.19. The number of phenols is 1. The third-order valence-electron chi connectivity index (χ3n) is 4.17. The van der Waals surface area contributed by atoms with E-state index >= 15 is 0 Å². The van der Waals surface area contributed by atoms with Crippen LogP contribution >= 0.6 is 0 Å². The molecule has 2 unspecified atom stereocenters. The van der Waals surface area contributed by atoms with Crippen LogP contribution in [0.4, 0.5) is 0 Å². The zero-order chi connectivity index (χ0) is 10.5. The fourth-order valence-corrected chi connectivity index (χ4v) is 3.19. The summed E-state index contributed by atoms with van der Waals surface area (Å²) in [5.41, 5.74) is 2.65. The van der Waals surface area contributed by atoms with Crippen molar-refractivity contribution in [2.75, 3.05) is 0 Å². The molecule has 0 aromatic heterocycles. The number of phenolic OH excluding ortho intramolecular Hbond substituents is 1. The first-order chi connectivity index (χ1) is 7.26. The third-order valence-corrected chi connectivity index (χ3v) is 4.17. The average Bonchev–Trinajstić information content (AvgIpc) is 2.57. The molecule has 0 aliphatic heterocycles. The first-order valence-electron chi connectivity index (χ1n) is 5.48. The van der Waals surface area contributed by atoms with Gasteiger partial charge in [0.25, 0.3) is 0 Å². The highest BCUT2D eigenvalue weighted by Crippen LogP contribution is 2.56. The highest BCUT2D eigenvalue weighted by Gasteiger charge is 2.51.